The van der Waals surface area contributed by atoms with E-state index >= 15 is 0 Å². The van der Waals surface area contributed by atoms with E-state index in [1.165, 1.54) is 12.3 Å². The second-order valence-electron chi connectivity index (χ2n) is 3.65. The Morgan fingerprint density at radius 3 is 2.67 bits per heavy atom. The summed E-state index contributed by atoms with van der Waals surface area (Å²) in [6.45, 7) is 0. The smallest absolute Gasteiger partial charge is 0.198 e. The highest BCUT2D eigenvalue weighted by atomic mass is 79.9. The zero-order valence-electron chi connectivity index (χ0n) is 9.15. The predicted octanol–water partition coefficient (Wildman–Crippen LogP) is 2.89. The number of hydrogen-bond donors (Lipinski definition) is 2. The summed E-state index contributed by atoms with van der Waals surface area (Å²) in [7, 11) is 0. The number of pyridine rings is 1. The van der Waals surface area contributed by atoms with E-state index in [1.54, 1.807) is 18.2 Å². The van der Waals surface area contributed by atoms with Crippen LogP contribution in [0.1, 0.15) is 15.9 Å². The first-order chi connectivity index (χ1) is 8.49. The standard InChI is InChI=1S/C12H9BrClN3O/c13-6-1-2-10(15)8(3-6)11(18)9-4-7(14)5-17-12(9)16/h1-5H,15H2,(H2,16,17). The molecule has 0 saturated carbocycles. The highest BCUT2D eigenvalue weighted by Crippen LogP contribution is 2.24. The van der Waals surface area contributed by atoms with Gasteiger partial charge >= 0.3 is 0 Å². The SMILES string of the molecule is Nc1ccc(Br)cc1C(=O)c1cc(Cl)cnc1N. The fourth-order valence-electron chi connectivity index (χ4n) is 1.50. The predicted molar refractivity (Wildman–Crippen MR) is 75.6 cm³/mol. The van der Waals surface area contributed by atoms with E-state index in [1.807, 2.05) is 0 Å². The van der Waals surface area contributed by atoms with E-state index in [0.717, 1.165) is 4.47 Å². The highest BCUT2D eigenvalue weighted by molar-refractivity contribution is 9.10. The first kappa shape index (κ1) is 12.9. The maximum absolute atomic E-state index is 12.3. The van der Waals surface area contributed by atoms with Crippen LogP contribution in [0, 0.1) is 0 Å². The Kier molecular flexibility index (Phi) is 3.54. The summed E-state index contributed by atoms with van der Waals surface area (Å²) in [5, 5.41) is 0.348. The Balaban J connectivity index is 2.54. The summed E-state index contributed by atoms with van der Waals surface area (Å²) in [6, 6.07) is 6.52. The van der Waals surface area contributed by atoms with E-state index < -0.39 is 0 Å². The second-order valence-corrected chi connectivity index (χ2v) is 5.00. The van der Waals surface area contributed by atoms with E-state index in [2.05, 4.69) is 20.9 Å². The fourth-order valence-corrected chi connectivity index (χ4v) is 2.02. The number of nitrogens with zero attached hydrogens (tertiary/aromatic N) is 1. The van der Waals surface area contributed by atoms with Crippen LogP contribution in [0.2, 0.25) is 5.02 Å². The van der Waals surface area contributed by atoms with Crippen molar-refractivity contribution in [2.45, 2.75) is 0 Å². The van der Waals surface area contributed by atoms with Gasteiger partial charge in [0.05, 0.1) is 10.6 Å². The normalized spacial score (nSPS) is 10.3. The lowest BCUT2D eigenvalue weighted by Gasteiger charge is -2.07. The number of halogens is 2. The Morgan fingerprint density at radius 1 is 1.22 bits per heavy atom. The van der Waals surface area contributed by atoms with Gasteiger partial charge in [0.1, 0.15) is 5.82 Å². The number of nitrogens with two attached hydrogens (primary N) is 2. The van der Waals surface area contributed by atoms with E-state index in [0.29, 0.717) is 16.3 Å². The van der Waals surface area contributed by atoms with Crippen molar-refractivity contribution in [3.05, 3.63) is 51.1 Å². The van der Waals surface area contributed by atoms with Crippen molar-refractivity contribution < 1.29 is 4.79 Å². The third-order valence-electron chi connectivity index (χ3n) is 2.39. The molecule has 1 aromatic heterocycles. The van der Waals surface area contributed by atoms with Crippen molar-refractivity contribution in [1.82, 2.24) is 4.98 Å². The number of carbonyl (C=O) groups is 1. The minimum absolute atomic E-state index is 0.128. The van der Waals surface area contributed by atoms with Crippen molar-refractivity contribution in [2.75, 3.05) is 11.5 Å². The van der Waals surface area contributed by atoms with Crippen LogP contribution in [0.5, 0.6) is 0 Å². The Hall–Kier alpha value is -1.59. The number of nitrogen functional groups attached to an aromatic ring is 2. The second kappa shape index (κ2) is 4.96. The lowest BCUT2D eigenvalue weighted by Crippen LogP contribution is -2.09. The molecule has 2 rings (SSSR count). The van der Waals surface area contributed by atoms with Gasteiger partial charge in [0.25, 0.3) is 0 Å². The summed E-state index contributed by atoms with van der Waals surface area (Å²) in [6.07, 6.45) is 1.39. The molecular weight excluding hydrogens is 318 g/mol. The van der Waals surface area contributed by atoms with E-state index in [9.17, 15) is 4.79 Å². The minimum atomic E-state index is -0.304. The van der Waals surface area contributed by atoms with Gasteiger partial charge in [-0.1, -0.05) is 27.5 Å². The van der Waals surface area contributed by atoms with Crippen LogP contribution in [-0.2, 0) is 0 Å². The van der Waals surface area contributed by atoms with Crippen molar-refractivity contribution in [1.29, 1.82) is 0 Å². The first-order valence-corrected chi connectivity index (χ1v) is 6.17. The molecule has 0 atom stereocenters. The zero-order valence-corrected chi connectivity index (χ0v) is 11.5. The molecule has 0 radical (unpaired) electrons. The molecule has 18 heavy (non-hydrogen) atoms. The summed E-state index contributed by atoms with van der Waals surface area (Å²) in [4.78, 5) is 16.2. The molecule has 4 nitrogen and oxygen atoms in total. The van der Waals surface area contributed by atoms with Crippen molar-refractivity contribution in [2.24, 2.45) is 0 Å². The molecule has 6 heteroatoms. The van der Waals surface area contributed by atoms with Gasteiger partial charge in [0.2, 0.25) is 0 Å². The van der Waals surface area contributed by atoms with Gasteiger partial charge in [-0.3, -0.25) is 4.79 Å². The van der Waals surface area contributed by atoms with Gasteiger partial charge in [-0.15, -0.1) is 0 Å². The topological polar surface area (TPSA) is 82.0 Å². The molecule has 0 aliphatic rings. The Labute approximate surface area is 117 Å². The molecule has 0 bridgehead atoms. The molecule has 0 aliphatic carbocycles. The van der Waals surface area contributed by atoms with Gasteiger partial charge in [0, 0.05) is 21.9 Å². The summed E-state index contributed by atoms with van der Waals surface area (Å²) >= 11 is 9.10. The maximum Gasteiger partial charge on any atom is 0.198 e. The fraction of sp³-hybridized carbons (Fsp3) is 0. The molecule has 92 valence electrons. The highest BCUT2D eigenvalue weighted by Gasteiger charge is 2.16. The van der Waals surface area contributed by atoms with E-state index in [4.69, 9.17) is 23.1 Å². The molecule has 0 saturated heterocycles. The average molecular weight is 327 g/mol. The van der Waals surface area contributed by atoms with Crippen LogP contribution in [0.4, 0.5) is 11.5 Å². The number of anilines is 2. The zero-order chi connectivity index (χ0) is 13.3. The third kappa shape index (κ3) is 2.47. The summed E-state index contributed by atoms with van der Waals surface area (Å²) in [5.74, 6) is -0.176. The van der Waals surface area contributed by atoms with Crippen LogP contribution in [0.3, 0.4) is 0 Å². The van der Waals surface area contributed by atoms with Crippen molar-refractivity contribution in [3.63, 3.8) is 0 Å². The molecule has 1 aromatic carbocycles. The lowest BCUT2D eigenvalue weighted by molar-refractivity contribution is 0.104. The van der Waals surface area contributed by atoms with Crippen molar-refractivity contribution >= 4 is 44.8 Å². The number of aromatic nitrogens is 1. The van der Waals surface area contributed by atoms with Gasteiger partial charge in [-0.25, -0.2) is 4.98 Å². The first-order valence-electron chi connectivity index (χ1n) is 5.00. The van der Waals surface area contributed by atoms with Crippen LogP contribution in [0.15, 0.2) is 34.9 Å². The van der Waals surface area contributed by atoms with Gasteiger partial charge in [-0.2, -0.15) is 0 Å². The molecule has 0 unspecified atom stereocenters. The Morgan fingerprint density at radius 2 is 1.94 bits per heavy atom. The van der Waals surface area contributed by atoms with Crippen LogP contribution in [0.25, 0.3) is 0 Å². The average Bonchev–Trinajstić information content (AvgIpc) is 2.34. The maximum atomic E-state index is 12.3. The minimum Gasteiger partial charge on any atom is -0.398 e. The molecule has 0 aliphatic heterocycles. The molecule has 4 N–H and O–H groups in total. The number of benzene rings is 1. The van der Waals surface area contributed by atoms with Crippen LogP contribution < -0.4 is 11.5 Å². The molecule has 0 spiro atoms. The number of hydrogen-bond acceptors (Lipinski definition) is 4. The van der Waals surface area contributed by atoms with Gasteiger partial charge in [0.15, 0.2) is 5.78 Å². The van der Waals surface area contributed by atoms with E-state index in [-0.39, 0.29) is 17.2 Å². The number of ketones is 1. The Bertz CT molecular complexity index is 577. The van der Waals surface area contributed by atoms with Crippen LogP contribution in [-0.4, -0.2) is 10.8 Å². The lowest BCUT2D eigenvalue weighted by atomic mass is 10.0. The molecule has 2 aromatic rings. The quantitative estimate of drug-likeness (QED) is 0.656. The molecule has 1 heterocycles. The van der Waals surface area contributed by atoms with Gasteiger partial charge < -0.3 is 11.5 Å². The third-order valence-corrected chi connectivity index (χ3v) is 3.09. The molecule has 0 amide bonds. The summed E-state index contributed by atoms with van der Waals surface area (Å²) in [5.41, 5.74) is 12.4. The van der Waals surface area contributed by atoms with Gasteiger partial charge in [-0.05, 0) is 24.3 Å². The largest absolute Gasteiger partial charge is 0.398 e. The number of carbonyl (C=O) groups excluding carboxylic acids is 1. The molecule has 0 fully saturated rings. The monoisotopic (exact) mass is 325 g/mol. The molecular formula is C12H9BrClN3O. The van der Waals surface area contributed by atoms with Crippen LogP contribution >= 0.6 is 27.5 Å². The summed E-state index contributed by atoms with van der Waals surface area (Å²) < 4.78 is 0.758. The number of rotatable bonds is 2. The van der Waals surface area contributed by atoms with Crippen molar-refractivity contribution in [3.8, 4) is 0 Å².